The maximum Gasteiger partial charge on any atom is 0.287 e. The van der Waals surface area contributed by atoms with E-state index >= 15 is 0 Å². The lowest BCUT2D eigenvalue weighted by Gasteiger charge is -2.08. The predicted octanol–water partition coefficient (Wildman–Crippen LogP) is 3.63. The van der Waals surface area contributed by atoms with Gasteiger partial charge in [-0.25, -0.2) is 4.98 Å². The number of benzene rings is 2. The molecule has 8 heteroatoms. The Bertz CT molecular complexity index is 1020. The minimum absolute atomic E-state index is 0.0546. The Balaban J connectivity index is 1.70. The van der Waals surface area contributed by atoms with Gasteiger partial charge >= 0.3 is 0 Å². The molecule has 0 atom stereocenters. The zero-order valence-corrected chi connectivity index (χ0v) is 16.0. The monoisotopic (exact) mass is 401 g/mol. The number of rotatable bonds is 6. The molecule has 0 saturated carbocycles. The van der Waals surface area contributed by atoms with Crippen molar-refractivity contribution < 1.29 is 9.53 Å². The topological polar surface area (TPSA) is 73.2 Å². The number of nitrogens with one attached hydrogen (secondary N) is 1. The molecule has 0 aliphatic carbocycles. The van der Waals surface area contributed by atoms with Gasteiger partial charge in [0.05, 0.1) is 18.6 Å². The van der Waals surface area contributed by atoms with Crippen molar-refractivity contribution in [1.82, 2.24) is 9.55 Å². The van der Waals surface area contributed by atoms with Crippen LogP contribution in [0.25, 0.3) is 5.69 Å². The molecule has 1 amide bonds. The van der Waals surface area contributed by atoms with Crippen molar-refractivity contribution in [2.45, 2.75) is 5.03 Å². The first-order valence-electron chi connectivity index (χ1n) is 7.97. The largest absolute Gasteiger partial charge is 0.497 e. The van der Waals surface area contributed by atoms with Gasteiger partial charge in [-0.1, -0.05) is 35.5 Å². The van der Waals surface area contributed by atoms with E-state index in [0.717, 1.165) is 11.8 Å². The van der Waals surface area contributed by atoms with Crippen molar-refractivity contribution >= 4 is 35.0 Å². The standard InChI is InChI=1S/C19H16ClN3O3S/c1-26-16-7-3-5-14(11-16)22-17(24)12-27-18-19(25)23(9-8-21-18)15-6-2-4-13(20)10-15/h2-11H,12H2,1H3,(H,22,24). The first-order valence-corrected chi connectivity index (χ1v) is 9.33. The molecule has 0 radical (unpaired) electrons. The number of hydrogen-bond acceptors (Lipinski definition) is 5. The van der Waals surface area contributed by atoms with Crippen molar-refractivity contribution in [2.24, 2.45) is 0 Å². The van der Waals surface area contributed by atoms with E-state index in [1.807, 2.05) is 0 Å². The summed E-state index contributed by atoms with van der Waals surface area (Å²) in [4.78, 5) is 28.9. The summed E-state index contributed by atoms with van der Waals surface area (Å²) in [6.07, 6.45) is 3.08. The molecule has 0 spiro atoms. The fourth-order valence-corrected chi connectivity index (χ4v) is 3.24. The van der Waals surface area contributed by atoms with Crippen molar-refractivity contribution in [2.75, 3.05) is 18.2 Å². The zero-order chi connectivity index (χ0) is 19.2. The number of nitrogens with zero attached hydrogens (tertiary/aromatic N) is 2. The van der Waals surface area contributed by atoms with Gasteiger partial charge in [-0.2, -0.15) is 0 Å². The summed E-state index contributed by atoms with van der Waals surface area (Å²) in [6.45, 7) is 0. The third kappa shape index (κ3) is 4.90. The van der Waals surface area contributed by atoms with Crippen molar-refractivity contribution in [3.05, 3.63) is 76.3 Å². The molecule has 138 valence electrons. The van der Waals surface area contributed by atoms with Gasteiger partial charge in [0, 0.05) is 29.2 Å². The van der Waals surface area contributed by atoms with Gasteiger partial charge in [0.15, 0.2) is 5.03 Å². The van der Waals surface area contributed by atoms with Crippen LogP contribution in [-0.2, 0) is 4.79 Å². The third-order valence-corrected chi connectivity index (χ3v) is 4.78. The van der Waals surface area contributed by atoms with E-state index in [9.17, 15) is 9.59 Å². The van der Waals surface area contributed by atoms with Crippen molar-refractivity contribution in [3.8, 4) is 11.4 Å². The Morgan fingerprint density at radius 2 is 2.07 bits per heavy atom. The van der Waals surface area contributed by atoms with E-state index in [4.69, 9.17) is 16.3 Å². The van der Waals surface area contributed by atoms with Gasteiger partial charge in [0.25, 0.3) is 5.56 Å². The Morgan fingerprint density at radius 1 is 1.26 bits per heavy atom. The van der Waals surface area contributed by atoms with E-state index in [1.165, 1.54) is 10.8 Å². The number of carbonyl (C=O) groups excluding carboxylic acids is 1. The molecule has 1 aromatic heterocycles. The molecule has 0 aliphatic heterocycles. The lowest BCUT2D eigenvalue weighted by Crippen LogP contribution is -2.22. The fraction of sp³-hybridized carbons (Fsp3) is 0.105. The van der Waals surface area contributed by atoms with Gasteiger partial charge in [-0.05, 0) is 30.3 Å². The molecule has 2 aromatic carbocycles. The zero-order valence-electron chi connectivity index (χ0n) is 14.4. The van der Waals surface area contributed by atoms with Crippen LogP contribution in [-0.4, -0.2) is 28.3 Å². The van der Waals surface area contributed by atoms with Gasteiger partial charge in [0.1, 0.15) is 5.75 Å². The third-order valence-electron chi connectivity index (χ3n) is 3.59. The van der Waals surface area contributed by atoms with Gasteiger partial charge < -0.3 is 10.1 Å². The van der Waals surface area contributed by atoms with Gasteiger partial charge in [-0.15, -0.1) is 0 Å². The van der Waals surface area contributed by atoms with Crippen LogP contribution in [0.3, 0.4) is 0 Å². The van der Waals surface area contributed by atoms with Gasteiger partial charge in [-0.3, -0.25) is 14.2 Å². The van der Waals surface area contributed by atoms with E-state index in [-0.39, 0.29) is 22.2 Å². The lowest BCUT2D eigenvalue weighted by molar-refractivity contribution is -0.113. The van der Waals surface area contributed by atoms with Crippen LogP contribution in [0.2, 0.25) is 5.02 Å². The van der Waals surface area contributed by atoms with Crippen molar-refractivity contribution in [3.63, 3.8) is 0 Å². The molecule has 1 N–H and O–H groups in total. The highest BCUT2D eigenvalue weighted by Crippen LogP contribution is 2.18. The summed E-state index contributed by atoms with van der Waals surface area (Å²) in [7, 11) is 1.56. The SMILES string of the molecule is COc1cccc(NC(=O)CSc2nccn(-c3cccc(Cl)c3)c2=O)c1. The van der Waals surface area contributed by atoms with Crippen LogP contribution >= 0.6 is 23.4 Å². The highest BCUT2D eigenvalue weighted by Gasteiger charge is 2.11. The molecule has 6 nitrogen and oxygen atoms in total. The highest BCUT2D eigenvalue weighted by molar-refractivity contribution is 7.99. The predicted molar refractivity (Wildman–Crippen MR) is 107 cm³/mol. The number of ether oxygens (including phenoxy) is 1. The summed E-state index contributed by atoms with van der Waals surface area (Å²) in [5, 5.41) is 3.53. The number of aromatic nitrogens is 2. The lowest BCUT2D eigenvalue weighted by atomic mass is 10.3. The first-order chi connectivity index (χ1) is 13.1. The van der Waals surface area contributed by atoms with Gasteiger partial charge in [0.2, 0.25) is 5.91 Å². The van der Waals surface area contributed by atoms with E-state index in [0.29, 0.717) is 22.1 Å². The highest BCUT2D eigenvalue weighted by atomic mass is 35.5. The number of anilines is 1. The Labute approximate surface area is 165 Å². The molecular formula is C19H16ClN3O3S. The molecule has 27 heavy (non-hydrogen) atoms. The number of amides is 1. The molecule has 0 aliphatic rings. The normalized spacial score (nSPS) is 10.4. The quantitative estimate of drug-likeness (QED) is 0.638. The molecule has 0 saturated heterocycles. The number of hydrogen-bond donors (Lipinski definition) is 1. The number of thioether (sulfide) groups is 1. The second kappa shape index (κ2) is 8.75. The van der Waals surface area contributed by atoms with E-state index in [1.54, 1.807) is 61.8 Å². The maximum absolute atomic E-state index is 12.6. The second-order valence-corrected chi connectivity index (χ2v) is 6.86. The minimum atomic E-state index is -0.307. The first kappa shape index (κ1) is 19.0. The molecule has 0 fully saturated rings. The summed E-state index contributed by atoms with van der Waals surface area (Å²) < 4.78 is 6.57. The Morgan fingerprint density at radius 3 is 2.85 bits per heavy atom. The second-order valence-electron chi connectivity index (χ2n) is 5.46. The molecular weight excluding hydrogens is 386 g/mol. The van der Waals surface area contributed by atoms with Crippen LogP contribution in [0.5, 0.6) is 5.75 Å². The Kier molecular flexibility index (Phi) is 6.16. The van der Waals surface area contributed by atoms with Crippen LogP contribution in [0, 0.1) is 0 Å². The van der Waals surface area contributed by atoms with Crippen LogP contribution in [0.15, 0.2) is 70.7 Å². The average Bonchev–Trinajstić information content (AvgIpc) is 2.67. The smallest absolute Gasteiger partial charge is 0.287 e. The number of carbonyl (C=O) groups is 1. The molecule has 0 unspecified atom stereocenters. The van der Waals surface area contributed by atoms with E-state index in [2.05, 4.69) is 10.3 Å². The summed E-state index contributed by atoms with van der Waals surface area (Å²) in [6, 6.07) is 14.0. The van der Waals surface area contributed by atoms with Crippen molar-refractivity contribution in [1.29, 1.82) is 0 Å². The summed E-state index contributed by atoms with van der Waals surface area (Å²) in [5.74, 6) is 0.459. The number of methoxy groups -OCH3 is 1. The van der Waals surface area contributed by atoms with Crippen LogP contribution in [0.4, 0.5) is 5.69 Å². The average molecular weight is 402 g/mol. The maximum atomic E-state index is 12.6. The summed E-state index contributed by atoms with van der Waals surface area (Å²) in [5.41, 5.74) is 0.953. The van der Waals surface area contributed by atoms with Crippen LogP contribution in [0.1, 0.15) is 0 Å². The van der Waals surface area contributed by atoms with E-state index < -0.39 is 0 Å². The molecule has 3 aromatic rings. The molecule has 1 heterocycles. The molecule has 3 rings (SSSR count). The minimum Gasteiger partial charge on any atom is -0.497 e. The van der Waals surface area contributed by atoms with Crippen LogP contribution < -0.4 is 15.6 Å². The number of halogens is 1. The molecule has 0 bridgehead atoms. The fourth-order valence-electron chi connectivity index (χ4n) is 2.35. The summed E-state index contributed by atoms with van der Waals surface area (Å²) >= 11 is 7.07. The Hall–Kier alpha value is -2.77.